The van der Waals surface area contributed by atoms with E-state index in [1.807, 2.05) is 57.2 Å². The second-order valence-electron chi connectivity index (χ2n) is 7.01. The summed E-state index contributed by atoms with van der Waals surface area (Å²) in [4.78, 5) is 8.98. The first kappa shape index (κ1) is 23.5. The molecule has 30 heavy (non-hydrogen) atoms. The first-order valence-electron chi connectivity index (χ1n) is 10.4. The topological polar surface area (TPSA) is 77.0 Å². The standard InChI is InChI=1S/C23H34N4O3/c1-5-29-14-6-12-25-23(26-16-19-7-9-21(28-4)10-8-19)27-17-20-11-13-24-22(15-20)30-18(2)3/h7-11,13,15,18H,5-6,12,14,16-17H2,1-4H3,(H2,25,26,27). The van der Waals surface area contributed by atoms with E-state index in [-0.39, 0.29) is 6.10 Å². The lowest BCUT2D eigenvalue weighted by Crippen LogP contribution is -2.37. The molecule has 2 aromatic rings. The zero-order valence-corrected chi connectivity index (χ0v) is 18.5. The molecule has 0 atom stereocenters. The largest absolute Gasteiger partial charge is 0.497 e. The number of methoxy groups -OCH3 is 1. The fourth-order valence-electron chi connectivity index (χ4n) is 2.65. The van der Waals surface area contributed by atoms with Gasteiger partial charge >= 0.3 is 0 Å². The van der Waals surface area contributed by atoms with Crippen LogP contribution in [0.15, 0.2) is 47.6 Å². The molecule has 164 valence electrons. The van der Waals surface area contributed by atoms with Crippen molar-refractivity contribution < 1.29 is 14.2 Å². The maximum Gasteiger partial charge on any atom is 0.213 e. The summed E-state index contributed by atoms with van der Waals surface area (Å²) in [7, 11) is 1.67. The van der Waals surface area contributed by atoms with E-state index in [0.29, 0.717) is 19.0 Å². The highest BCUT2D eigenvalue weighted by molar-refractivity contribution is 5.79. The van der Waals surface area contributed by atoms with Crippen LogP contribution in [0, 0.1) is 0 Å². The average Bonchev–Trinajstić information content (AvgIpc) is 2.75. The third kappa shape index (κ3) is 9.13. The van der Waals surface area contributed by atoms with E-state index in [9.17, 15) is 0 Å². The quantitative estimate of drug-likeness (QED) is 0.314. The molecule has 1 aromatic carbocycles. The molecule has 7 nitrogen and oxygen atoms in total. The van der Waals surface area contributed by atoms with Gasteiger partial charge in [0.15, 0.2) is 5.96 Å². The molecule has 0 unspecified atom stereocenters. The van der Waals surface area contributed by atoms with Crippen LogP contribution in [0.1, 0.15) is 38.3 Å². The second-order valence-corrected chi connectivity index (χ2v) is 7.01. The van der Waals surface area contributed by atoms with Gasteiger partial charge in [0.25, 0.3) is 0 Å². The average molecular weight is 415 g/mol. The van der Waals surface area contributed by atoms with E-state index < -0.39 is 0 Å². The SMILES string of the molecule is CCOCCCNC(=NCc1ccnc(OC(C)C)c1)NCc1ccc(OC)cc1. The summed E-state index contributed by atoms with van der Waals surface area (Å²) >= 11 is 0. The van der Waals surface area contributed by atoms with Crippen LogP contribution in [0.4, 0.5) is 0 Å². The van der Waals surface area contributed by atoms with Crippen molar-refractivity contribution in [3.8, 4) is 11.6 Å². The van der Waals surface area contributed by atoms with Crippen molar-refractivity contribution in [1.82, 2.24) is 15.6 Å². The van der Waals surface area contributed by atoms with Gasteiger partial charge in [-0.15, -0.1) is 0 Å². The Kier molecular flexibility index (Phi) is 10.5. The first-order valence-corrected chi connectivity index (χ1v) is 10.4. The van der Waals surface area contributed by atoms with Crippen molar-refractivity contribution in [3.63, 3.8) is 0 Å². The maximum absolute atomic E-state index is 5.67. The third-order valence-corrected chi connectivity index (χ3v) is 4.16. The predicted molar refractivity (Wildman–Crippen MR) is 120 cm³/mol. The van der Waals surface area contributed by atoms with Crippen molar-refractivity contribution in [3.05, 3.63) is 53.7 Å². The van der Waals surface area contributed by atoms with Gasteiger partial charge in [-0.2, -0.15) is 0 Å². The van der Waals surface area contributed by atoms with Crippen LogP contribution >= 0.6 is 0 Å². The van der Waals surface area contributed by atoms with Crippen molar-refractivity contribution in [1.29, 1.82) is 0 Å². The fourth-order valence-corrected chi connectivity index (χ4v) is 2.65. The smallest absolute Gasteiger partial charge is 0.213 e. The Bertz CT molecular complexity index is 763. The van der Waals surface area contributed by atoms with Crippen molar-refractivity contribution in [2.24, 2.45) is 4.99 Å². The van der Waals surface area contributed by atoms with E-state index in [1.54, 1.807) is 13.3 Å². The molecule has 0 bridgehead atoms. The lowest BCUT2D eigenvalue weighted by molar-refractivity contribution is 0.145. The number of aliphatic imine (C=N–C) groups is 1. The number of ether oxygens (including phenoxy) is 3. The minimum atomic E-state index is 0.0879. The number of guanidine groups is 1. The highest BCUT2D eigenvalue weighted by Crippen LogP contribution is 2.12. The Balaban J connectivity index is 1.98. The molecule has 0 aliphatic carbocycles. The summed E-state index contributed by atoms with van der Waals surface area (Å²) in [5, 5.41) is 6.77. The molecular weight excluding hydrogens is 380 g/mol. The third-order valence-electron chi connectivity index (χ3n) is 4.16. The minimum Gasteiger partial charge on any atom is -0.497 e. The molecular formula is C23H34N4O3. The number of nitrogens with zero attached hydrogens (tertiary/aromatic N) is 2. The van der Waals surface area contributed by atoms with Crippen LogP contribution < -0.4 is 20.1 Å². The molecule has 0 spiro atoms. The Morgan fingerprint density at radius 2 is 1.90 bits per heavy atom. The number of aromatic nitrogens is 1. The van der Waals surface area contributed by atoms with Gasteiger partial charge in [-0.25, -0.2) is 9.98 Å². The number of nitrogens with one attached hydrogen (secondary N) is 2. The number of rotatable bonds is 12. The normalized spacial score (nSPS) is 11.4. The highest BCUT2D eigenvalue weighted by Gasteiger charge is 2.03. The van der Waals surface area contributed by atoms with Crippen molar-refractivity contribution >= 4 is 5.96 Å². The van der Waals surface area contributed by atoms with Crippen LogP contribution in [0.2, 0.25) is 0 Å². The predicted octanol–water partition coefficient (Wildman–Crippen LogP) is 3.54. The highest BCUT2D eigenvalue weighted by atomic mass is 16.5. The van der Waals surface area contributed by atoms with Crippen LogP contribution in [-0.2, 0) is 17.8 Å². The monoisotopic (exact) mass is 414 g/mol. The van der Waals surface area contributed by atoms with Gasteiger partial charge in [-0.3, -0.25) is 0 Å². The number of pyridine rings is 1. The van der Waals surface area contributed by atoms with E-state index in [2.05, 4.69) is 15.6 Å². The van der Waals surface area contributed by atoms with E-state index in [4.69, 9.17) is 19.2 Å². The number of hydrogen-bond donors (Lipinski definition) is 2. The Labute approximate surface area is 179 Å². The second kappa shape index (κ2) is 13.4. The van der Waals surface area contributed by atoms with E-state index in [1.165, 1.54) is 0 Å². The van der Waals surface area contributed by atoms with Gasteiger partial charge < -0.3 is 24.8 Å². The molecule has 2 rings (SSSR count). The summed E-state index contributed by atoms with van der Waals surface area (Å²) < 4.78 is 16.3. The van der Waals surface area contributed by atoms with Crippen LogP contribution in [-0.4, -0.2) is 43.9 Å². The van der Waals surface area contributed by atoms with Crippen LogP contribution in [0.3, 0.4) is 0 Å². The molecule has 0 radical (unpaired) electrons. The summed E-state index contributed by atoms with van der Waals surface area (Å²) in [6, 6.07) is 11.9. The van der Waals surface area contributed by atoms with E-state index >= 15 is 0 Å². The summed E-state index contributed by atoms with van der Waals surface area (Å²) in [5.41, 5.74) is 2.19. The van der Waals surface area contributed by atoms with Crippen LogP contribution in [0.5, 0.6) is 11.6 Å². The molecule has 7 heteroatoms. The Morgan fingerprint density at radius 1 is 1.10 bits per heavy atom. The summed E-state index contributed by atoms with van der Waals surface area (Å²) in [5.74, 6) is 2.22. The Morgan fingerprint density at radius 3 is 2.60 bits per heavy atom. The number of hydrogen-bond acceptors (Lipinski definition) is 5. The molecule has 0 saturated carbocycles. The maximum atomic E-state index is 5.67. The van der Waals surface area contributed by atoms with Gasteiger partial charge in [-0.1, -0.05) is 12.1 Å². The fraction of sp³-hybridized carbons (Fsp3) is 0.478. The van der Waals surface area contributed by atoms with Crippen molar-refractivity contribution in [2.75, 3.05) is 26.9 Å². The lowest BCUT2D eigenvalue weighted by Gasteiger charge is -2.13. The van der Waals surface area contributed by atoms with Crippen LogP contribution in [0.25, 0.3) is 0 Å². The van der Waals surface area contributed by atoms with Gasteiger partial charge in [0.1, 0.15) is 5.75 Å². The molecule has 0 aliphatic rings. The first-order chi connectivity index (χ1) is 14.6. The molecule has 2 N–H and O–H groups in total. The zero-order valence-electron chi connectivity index (χ0n) is 18.5. The summed E-state index contributed by atoms with van der Waals surface area (Å²) in [6.45, 7) is 9.42. The molecule has 1 heterocycles. The van der Waals surface area contributed by atoms with Crippen molar-refractivity contribution in [2.45, 2.75) is 46.4 Å². The minimum absolute atomic E-state index is 0.0879. The van der Waals surface area contributed by atoms with Gasteiger partial charge in [0.05, 0.1) is 19.8 Å². The molecule has 0 fully saturated rings. The summed E-state index contributed by atoms with van der Waals surface area (Å²) in [6.07, 6.45) is 2.76. The van der Waals surface area contributed by atoms with Gasteiger partial charge in [-0.05, 0) is 56.5 Å². The van der Waals surface area contributed by atoms with Gasteiger partial charge in [0.2, 0.25) is 5.88 Å². The Hall–Kier alpha value is -2.80. The molecule has 0 saturated heterocycles. The van der Waals surface area contributed by atoms with Gasteiger partial charge in [0, 0.05) is 38.6 Å². The number of benzene rings is 1. The molecule has 0 aliphatic heterocycles. The zero-order chi connectivity index (χ0) is 21.6. The van der Waals surface area contributed by atoms with E-state index in [0.717, 1.165) is 49.0 Å². The lowest BCUT2D eigenvalue weighted by atomic mass is 10.2. The molecule has 1 aromatic heterocycles. The molecule has 0 amide bonds.